The van der Waals surface area contributed by atoms with Crippen molar-refractivity contribution in [3.8, 4) is 0 Å². The third-order valence-corrected chi connectivity index (χ3v) is 4.83. The number of amides is 1. The van der Waals surface area contributed by atoms with Gasteiger partial charge in [0.2, 0.25) is 0 Å². The van der Waals surface area contributed by atoms with E-state index in [2.05, 4.69) is 17.4 Å². The van der Waals surface area contributed by atoms with E-state index in [0.717, 1.165) is 52.7 Å². The van der Waals surface area contributed by atoms with Crippen LogP contribution in [0.4, 0.5) is 0 Å². The zero-order valence-corrected chi connectivity index (χ0v) is 14.5. The van der Waals surface area contributed by atoms with Gasteiger partial charge in [0, 0.05) is 17.1 Å². The van der Waals surface area contributed by atoms with Gasteiger partial charge in [-0.25, -0.2) is 0 Å². The molecule has 5 nitrogen and oxygen atoms in total. The first-order valence-electron chi connectivity index (χ1n) is 8.72. The van der Waals surface area contributed by atoms with Gasteiger partial charge in [0.15, 0.2) is 5.76 Å². The molecule has 0 saturated carbocycles. The summed E-state index contributed by atoms with van der Waals surface area (Å²) in [5.74, 6) is 1.16. The molecule has 1 aromatic carbocycles. The zero-order chi connectivity index (χ0) is 17.4. The van der Waals surface area contributed by atoms with Crippen LogP contribution in [0.5, 0.6) is 0 Å². The van der Waals surface area contributed by atoms with E-state index in [-0.39, 0.29) is 5.91 Å². The fraction of sp³-hybridized carbons (Fsp3) is 0.350. The molecule has 1 N–H and O–H groups in total. The summed E-state index contributed by atoms with van der Waals surface area (Å²) in [6.45, 7) is 4.43. The number of fused-ring (bicyclic) bond motifs is 2. The molecule has 0 saturated heterocycles. The molecular formula is C20H21N3O2. The topological polar surface area (TPSA) is 68.0 Å². The van der Waals surface area contributed by atoms with Gasteiger partial charge in [0.1, 0.15) is 0 Å². The SMILES string of the molecule is Cc1cc(CNC(=O)c2c3c(nc4ccccc24)CC[C@H](C)C3)on1. The van der Waals surface area contributed by atoms with Gasteiger partial charge in [-0.15, -0.1) is 0 Å². The summed E-state index contributed by atoms with van der Waals surface area (Å²) < 4.78 is 5.19. The van der Waals surface area contributed by atoms with Gasteiger partial charge in [-0.3, -0.25) is 9.78 Å². The lowest BCUT2D eigenvalue weighted by molar-refractivity contribution is 0.0947. The molecule has 128 valence electrons. The van der Waals surface area contributed by atoms with Crippen molar-refractivity contribution < 1.29 is 9.32 Å². The molecule has 0 bridgehead atoms. The van der Waals surface area contributed by atoms with Crippen molar-refractivity contribution in [1.82, 2.24) is 15.5 Å². The van der Waals surface area contributed by atoms with Gasteiger partial charge in [-0.1, -0.05) is 30.3 Å². The first-order chi connectivity index (χ1) is 12.1. The van der Waals surface area contributed by atoms with Crippen LogP contribution in [0.15, 0.2) is 34.9 Å². The molecule has 1 aliphatic rings. The van der Waals surface area contributed by atoms with Crippen LogP contribution in [0, 0.1) is 12.8 Å². The number of aryl methyl sites for hydroxylation is 2. The molecule has 2 aromatic heterocycles. The molecule has 1 aliphatic carbocycles. The lowest BCUT2D eigenvalue weighted by Gasteiger charge is -2.24. The number of aromatic nitrogens is 2. The fourth-order valence-electron chi connectivity index (χ4n) is 3.58. The van der Waals surface area contributed by atoms with E-state index in [0.29, 0.717) is 18.2 Å². The second-order valence-corrected chi connectivity index (χ2v) is 6.89. The largest absolute Gasteiger partial charge is 0.359 e. The Labute approximate surface area is 146 Å². The maximum atomic E-state index is 13.0. The Bertz CT molecular complexity index is 945. The number of hydrogen-bond donors (Lipinski definition) is 1. The number of carbonyl (C=O) groups is 1. The highest BCUT2D eigenvalue weighted by molar-refractivity contribution is 6.07. The van der Waals surface area contributed by atoms with Crippen molar-refractivity contribution in [3.63, 3.8) is 0 Å². The number of carbonyl (C=O) groups excluding carboxylic acids is 1. The lowest BCUT2D eigenvalue weighted by atomic mass is 9.84. The van der Waals surface area contributed by atoms with E-state index in [1.807, 2.05) is 37.3 Å². The van der Waals surface area contributed by atoms with Gasteiger partial charge < -0.3 is 9.84 Å². The van der Waals surface area contributed by atoms with Crippen LogP contribution < -0.4 is 5.32 Å². The fourth-order valence-corrected chi connectivity index (χ4v) is 3.58. The molecular weight excluding hydrogens is 314 g/mol. The highest BCUT2D eigenvalue weighted by Gasteiger charge is 2.25. The molecule has 3 aromatic rings. The van der Waals surface area contributed by atoms with Crippen LogP contribution >= 0.6 is 0 Å². The summed E-state index contributed by atoms with van der Waals surface area (Å²) in [5.41, 5.74) is 4.63. The van der Waals surface area contributed by atoms with Crippen molar-refractivity contribution >= 4 is 16.8 Å². The Balaban J connectivity index is 1.73. The van der Waals surface area contributed by atoms with Crippen LogP contribution in [-0.4, -0.2) is 16.0 Å². The summed E-state index contributed by atoms with van der Waals surface area (Å²) in [4.78, 5) is 17.8. The molecule has 2 heterocycles. The molecule has 0 unspecified atom stereocenters. The van der Waals surface area contributed by atoms with Crippen molar-refractivity contribution in [2.45, 2.75) is 39.7 Å². The third kappa shape index (κ3) is 3.02. The molecule has 25 heavy (non-hydrogen) atoms. The van der Waals surface area contributed by atoms with E-state index in [9.17, 15) is 4.79 Å². The Morgan fingerprint density at radius 2 is 2.20 bits per heavy atom. The van der Waals surface area contributed by atoms with E-state index >= 15 is 0 Å². The highest BCUT2D eigenvalue weighted by atomic mass is 16.5. The van der Waals surface area contributed by atoms with E-state index in [1.54, 1.807) is 0 Å². The number of pyridine rings is 1. The summed E-state index contributed by atoms with van der Waals surface area (Å²) in [5, 5.41) is 7.76. The van der Waals surface area contributed by atoms with Gasteiger partial charge >= 0.3 is 0 Å². The summed E-state index contributed by atoms with van der Waals surface area (Å²) in [6, 6.07) is 9.72. The quantitative estimate of drug-likeness (QED) is 0.794. The van der Waals surface area contributed by atoms with E-state index in [4.69, 9.17) is 9.51 Å². The normalized spacial score (nSPS) is 16.6. The zero-order valence-electron chi connectivity index (χ0n) is 14.5. The highest BCUT2D eigenvalue weighted by Crippen LogP contribution is 2.31. The predicted octanol–water partition coefficient (Wildman–Crippen LogP) is 3.59. The Morgan fingerprint density at radius 1 is 1.36 bits per heavy atom. The van der Waals surface area contributed by atoms with Crippen molar-refractivity contribution in [1.29, 1.82) is 0 Å². The number of benzene rings is 1. The Morgan fingerprint density at radius 3 is 3.00 bits per heavy atom. The maximum Gasteiger partial charge on any atom is 0.252 e. The molecule has 5 heteroatoms. The second-order valence-electron chi connectivity index (χ2n) is 6.89. The van der Waals surface area contributed by atoms with Crippen LogP contribution in [0.1, 0.15) is 46.4 Å². The van der Waals surface area contributed by atoms with Crippen LogP contribution in [0.3, 0.4) is 0 Å². The molecule has 1 amide bonds. The summed E-state index contributed by atoms with van der Waals surface area (Å²) in [7, 11) is 0. The Kier molecular flexibility index (Phi) is 3.99. The summed E-state index contributed by atoms with van der Waals surface area (Å²) in [6.07, 6.45) is 2.96. The molecule has 1 atom stereocenters. The molecule has 0 radical (unpaired) electrons. The predicted molar refractivity (Wildman–Crippen MR) is 95.3 cm³/mol. The van der Waals surface area contributed by atoms with E-state index < -0.39 is 0 Å². The number of para-hydroxylation sites is 1. The second kappa shape index (κ2) is 6.31. The minimum atomic E-state index is -0.0713. The molecule has 0 spiro atoms. The lowest BCUT2D eigenvalue weighted by Crippen LogP contribution is -2.27. The monoisotopic (exact) mass is 335 g/mol. The van der Waals surface area contributed by atoms with Crippen LogP contribution in [0.2, 0.25) is 0 Å². The third-order valence-electron chi connectivity index (χ3n) is 4.83. The first-order valence-corrected chi connectivity index (χ1v) is 8.72. The summed E-state index contributed by atoms with van der Waals surface area (Å²) >= 11 is 0. The molecule has 0 aliphatic heterocycles. The van der Waals surface area contributed by atoms with Crippen molar-refractivity contribution in [2.75, 3.05) is 0 Å². The average molecular weight is 335 g/mol. The first kappa shape index (κ1) is 15.8. The number of nitrogens with one attached hydrogen (secondary N) is 1. The number of nitrogens with zero attached hydrogens (tertiary/aromatic N) is 2. The smallest absolute Gasteiger partial charge is 0.252 e. The van der Waals surface area contributed by atoms with Crippen LogP contribution in [-0.2, 0) is 19.4 Å². The van der Waals surface area contributed by atoms with Gasteiger partial charge in [0.05, 0.1) is 23.3 Å². The number of rotatable bonds is 3. The van der Waals surface area contributed by atoms with Crippen molar-refractivity contribution in [2.24, 2.45) is 5.92 Å². The van der Waals surface area contributed by atoms with Gasteiger partial charge in [0.25, 0.3) is 5.91 Å². The van der Waals surface area contributed by atoms with Gasteiger partial charge in [-0.05, 0) is 43.7 Å². The minimum absolute atomic E-state index is 0.0713. The molecule has 0 fully saturated rings. The maximum absolute atomic E-state index is 13.0. The standard InChI is InChI=1S/C20H21N3O2/c1-12-7-8-18-16(9-12)19(15-5-3-4-6-17(15)22-18)20(24)21-11-14-10-13(2)23-25-14/h3-6,10,12H,7-9,11H2,1-2H3,(H,21,24)/t12-/m0/s1. The van der Waals surface area contributed by atoms with E-state index in [1.165, 1.54) is 0 Å². The van der Waals surface area contributed by atoms with Crippen molar-refractivity contribution in [3.05, 3.63) is 58.6 Å². The average Bonchev–Trinajstić information content (AvgIpc) is 3.03. The number of hydrogen-bond acceptors (Lipinski definition) is 4. The molecule has 4 rings (SSSR count). The minimum Gasteiger partial charge on any atom is -0.359 e. The van der Waals surface area contributed by atoms with Gasteiger partial charge in [-0.2, -0.15) is 0 Å². The Hall–Kier alpha value is -2.69. The van der Waals surface area contributed by atoms with Crippen LogP contribution in [0.25, 0.3) is 10.9 Å².